The Morgan fingerprint density at radius 1 is 1.41 bits per heavy atom. The minimum atomic E-state index is 0.478. The molecule has 1 aromatic rings. The lowest BCUT2D eigenvalue weighted by Crippen LogP contribution is -2.33. The summed E-state index contributed by atoms with van der Waals surface area (Å²) < 4.78 is 0. The Balaban J connectivity index is 1.81. The van der Waals surface area contributed by atoms with Gasteiger partial charge in [0.25, 0.3) is 0 Å². The Kier molecular flexibility index (Phi) is 2.21. The highest BCUT2D eigenvalue weighted by molar-refractivity contribution is 8.14. The van der Waals surface area contributed by atoms with Crippen LogP contribution < -0.4 is 0 Å². The van der Waals surface area contributed by atoms with E-state index in [0.29, 0.717) is 12.1 Å². The van der Waals surface area contributed by atoms with Crippen LogP contribution in [0.4, 0.5) is 0 Å². The van der Waals surface area contributed by atoms with Crippen LogP contribution in [0, 0.1) is 0 Å². The van der Waals surface area contributed by atoms with Crippen LogP contribution in [-0.2, 0) is 6.42 Å². The molecule has 0 N–H and O–H groups in total. The summed E-state index contributed by atoms with van der Waals surface area (Å²) in [5, 5.41) is 2.12. The van der Waals surface area contributed by atoms with Gasteiger partial charge in [-0.25, -0.2) is 0 Å². The quantitative estimate of drug-likeness (QED) is 0.716. The molecule has 0 saturated carbocycles. The molecule has 3 aliphatic rings. The van der Waals surface area contributed by atoms with Gasteiger partial charge in [-0.3, -0.25) is 4.99 Å². The zero-order chi connectivity index (χ0) is 11.4. The molecule has 0 spiro atoms. The van der Waals surface area contributed by atoms with E-state index in [0.717, 1.165) is 18.0 Å². The molecule has 2 atom stereocenters. The summed E-state index contributed by atoms with van der Waals surface area (Å²) in [5.74, 6) is 1.19. The van der Waals surface area contributed by atoms with Crippen LogP contribution in [0.25, 0.3) is 0 Å². The van der Waals surface area contributed by atoms with E-state index in [4.69, 9.17) is 16.6 Å². The summed E-state index contributed by atoms with van der Waals surface area (Å²) in [6.45, 7) is 1.15. The first-order chi connectivity index (χ1) is 8.33. The topological polar surface area (TPSA) is 15.6 Å². The van der Waals surface area contributed by atoms with Gasteiger partial charge in [-0.1, -0.05) is 29.4 Å². The van der Waals surface area contributed by atoms with Crippen molar-refractivity contribution in [1.29, 1.82) is 0 Å². The van der Waals surface area contributed by atoms with E-state index in [1.54, 1.807) is 0 Å². The number of fused-ring (bicyclic) bond motifs is 5. The molecule has 0 bridgehead atoms. The maximum atomic E-state index is 6.08. The molecule has 1 saturated heterocycles. The van der Waals surface area contributed by atoms with Gasteiger partial charge in [0, 0.05) is 17.3 Å². The summed E-state index contributed by atoms with van der Waals surface area (Å²) in [7, 11) is 0. The van der Waals surface area contributed by atoms with Gasteiger partial charge < -0.3 is 4.90 Å². The van der Waals surface area contributed by atoms with Crippen molar-refractivity contribution in [2.75, 3.05) is 12.3 Å². The van der Waals surface area contributed by atoms with E-state index in [1.807, 2.05) is 17.8 Å². The Morgan fingerprint density at radius 3 is 3.29 bits per heavy atom. The number of amidine groups is 1. The van der Waals surface area contributed by atoms with Crippen molar-refractivity contribution in [1.82, 2.24) is 4.90 Å². The predicted molar refractivity (Wildman–Crippen MR) is 72.9 cm³/mol. The average Bonchev–Trinajstić information content (AvgIpc) is 2.88. The molecule has 4 heteroatoms. The van der Waals surface area contributed by atoms with Crippen molar-refractivity contribution in [2.45, 2.75) is 24.9 Å². The molecule has 4 rings (SSSR count). The standard InChI is InChI=1S/C13H13ClN2S/c14-9-2-3-10-8(7-9)1-4-11-12(10)16-5-6-17-13(16)15-11/h2-3,7,11-12H,1,4-6H2/t11-,12-/m1/s1. The van der Waals surface area contributed by atoms with Gasteiger partial charge in [-0.15, -0.1) is 0 Å². The fraction of sp³-hybridized carbons (Fsp3) is 0.462. The fourth-order valence-electron chi connectivity index (χ4n) is 3.18. The Morgan fingerprint density at radius 2 is 2.35 bits per heavy atom. The maximum absolute atomic E-state index is 6.08. The molecule has 2 heterocycles. The molecule has 0 unspecified atom stereocenters. The lowest BCUT2D eigenvalue weighted by molar-refractivity contribution is 0.309. The fourth-order valence-corrected chi connectivity index (χ4v) is 4.43. The lowest BCUT2D eigenvalue weighted by Gasteiger charge is -2.32. The second-order valence-electron chi connectivity index (χ2n) is 4.85. The smallest absolute Gasteiger partial charge is 0.160 e. The number of hydrogen-bond donors (Lipinski definition) is 0. The van der Waals surface area contributed by atoms with Gasteiger partial charge in [0.1, 0.15) is 0 Å². The van der Waals surface area contributed by atoms with Gasteiger partial charge in [0.15, 0.2) is 5.17 Å². The number of aliphatic imine (C=N–C) groups is 1. The van der Waals surface area contributed by atoms with Gasteiger partial charge in [-0.2, -0.15) is 0 Å². The molecule has 1 aromatic carbocycles. The molecule has 1 aliphatic carbocycles. The van der Waals surface area contributed by atoms with Crippen LogP contribution in [0.1, 0.15) is 23.6 Å². The lowest BCUT2D eigenvalue weighted by atomic mass is 9.84. The second kappa shape index (κ2) is 3.66. The second-order valence-corrected chi connectivity index (χ2v) is 6.35. The third-order valence-electron chi connectivity index (χ3n) is 3.92. The van der Waals surface area contributed by atoms with Crippen molar-refractivity contribution < 1.29 is 0 Å². The molecule has 2 nitrogen and oxygen atoms in total. The van der Waals surface area contributed by atoms with E-state index in [2.05, 4.69) is 17.0 Å². The highest BCUT2D eigenvalue weighted by Gasteiger charge is 2.42. The van der Waals surface area contributed by atoms with E-state index in [-0.39, 0.29) is 0 Å². The van der Waals surface area contributed by atoms with Crippen molar-refractivity contribution in [3.8, 4) is 0 Å². The Bertz CT molecular complexity index is 514. The SMILES string of the molecule is Clc1ccc2c(c1)CC[C@H]1N=C3SCCN3[C@H]21. The van der Waals surface area contributed by atoms with Gasteiger partial charge in [0.05, 0.1) is 12.1 Å². The van der Waals surface area contributed by atoms with Crippen LogP contribution in [0.3, 0.4) is 0 Å². The summed E-state index contributed by atoms with van der Waals surface area (Å²) in [5.41, 5.74) is 2.87. The third kappa shape index (κ3) is 1.45. The summed E-state index contributed by atoms with van der Waals surface area (Å²) in [6.07, 6.45) is 2.28. The van der Waals surface area contributed by atoms with E-state index >= 15 is 0 Å². The zero-order valence-electron chi connectivity index (χ0n) is 9.40. The largest absolute Gasteiger partial charge is 0.341 e. The monoisotopic (exact) mass is 264 g/mol. The number of aryl methyl sites for hydroxylation is 1. The zero-order valence-corrected chi connectivity index (χ0v) is 11.0. The van der Waals surface area contributed by atoms with Gasteiger partial charge in [-0.05, 0) is 36.1 Å². The third-order valence-corrected chi connectivity index (χ3v) is 5.14. The first kappa shape index (κ1) is 10.3. The minimum absolute atomic E-state index is 0.478. The molecular weight excluding hydrogens is 252 g/mol. The number of nitrogens with zero attached hydrogens (tertiary/aromatic N) is 2. The first-order valence-corrected chi connectivity index (χ1v) is 7.45. The van der Waals surface area contributed by atoms with Crippen molar-refractivity contribution in [3.63, 3.8) is 0 Å². The van der Waals surface area contributed by atoms with Crippen LogP contribution >= 0.6 is 23.4 Å². The van der Waals surface area contributed by atoms with E-state index in [9.17, 15) is 0 Å². The van der Waals surface area contributed by atoms with E-state index < -0.39 is 0 Å². The minimum Gasteiger partial charge on any atom is -0.341 e. The predicted octanol–water partition coefficient (Wildman–Crippen LogP) is 3.11. The summed E-state index contributed by atoms with van der Waals surface area (Å²) in [6, 6.07) is 7.32. The summed E-state index contributed by atoms with van der Waals surface area (Å²) >= 11 is 7.99. The summed E-state index contributed by atoms with van der Waals surface area (Å²) in [4.78, 5) is 7.35. The van der Waals surface area contributed by atoms with Crippen LogP contribution in [0.15, 0.2) is 23.2 Å². The van der Waals surface area contributed by atoms with Gasteiger partial charge in [0.2, 0.25) is 0 Å². The maximum Gasteiger partial charge on any atom is 0.160 e. The number of benzene rings is 1. The van der Waals surface area contributed by atoms with E-state index in [1.165, 1.54) is 28.5 Å². The molecule has 1 fully saturated rings. The molecule has 0 radical (unpaired) electrons. The van der Waals surface area contributed by atoms with Crippen LogP contribution in [0.2, 0.25) is 5.02 Å². The highest BCUT2D eigenvalue weighted by Crippen LogP contribution is 2.44. The van der Waals surface area contributed by atoms with Crippen molar-refractivity contribution >= 4 is 28.5 Å². The number of rotatable bonds is 0. The van der Waals surface area contributed by atoms with Crippen molar-refractivity contribution in [3.05, 3.63) is 34.3 Å². The molecule has 2 aliphatic heterocycles. The average molecular weight is 265 g/mol. The number of halogens is 1. The molecule has 88 valence electrons. The molecule has 0 amide bonds. The highest BCUT2D eigenvalue weighted by atomic mass is 35.5. The normalized spacial score (nSPS) is 29.7. The van der Waals surface area contributed by atoms with Crippen LogP contribution in [-0.4, -0.2) is 28.4 Å². The Hall–Kier alpha value is -0.670. The number of hydrogen-bond acceptors (Lipinski definition) is 3. The molecule has 0 aromatic heterocycles. The Labute approximate surface area is 110 Å². The van der Waals surface area contributed by atoms with Gasteiger partial charge >= 0.3 is 0 Å². The van der Waals surface area contributed by atoms with Crippen molar-refractivity contribution in [2.24, 2.45) is 4.99 Å². The molecule has 17 heavy (non-hydrogen) atoms. The van der Waals surface area contributed by atoms with Crippen LogP contribution in [0.5, 0.6) is 0 Å². The molecular formula is C13H13ClN2S. The number of thioether (sulfide) groups is 1. The first-order valence-electron chi connectivity index (χ1n) is 6.08.